The maximum atomic E-state index is 12.6. The zero-order valence-electron chi connectivity index (χ0n) is 13.4. The van der Waals surface area contributed by atoms with Gasteiger partial charge in [0, 0.05) is 11.3 Å². The first-order valence-corrected chi connectivity index (χ1v) is 8.82. The number of nitrogens with two attached hydrogens (primary N) is 1. The summed E-state index contributed by atoms with van der Waals surface area (Å²) >= 11 is 4.82. The first kappa shape index (κ1) is 16.7. The Bertz CT molecular complexity index is 953. The summed E-state index contributed by atoms with van der Waals surface area (Å²) in [6.45, 7) is 3.91. The topological polar surface area (TPSA) is 77.2 Å². The van der Waals surface area contributed by atoms with Crippen LogP contribution in [0.2, 0.25) is 0 Å². The summed E-state index contributed by atoms with van der Waals surface area (Å²) in [7, 11) is 1.59. The van der Waals surface area contributed by atoms with E-state index in [2.05, 4.69) is 26.2 Å². The molecular weight excluding hydrogens is 390 g/mol. The van der Waals surface area contributed by atoms with E-state index in [1.807, 2.05) is 19.9 Å². The van der Waals surface area contributed by atoms with Crippen LogP contribution in [0.25, 0.3) is 10.2 Å². The van der Waals surface area contributed by atoms with Crippen molar-refractivity contribution in [3.05, 3.63) is 45.4 Å². The second kappa shape index (κ2) is 6.41. The lowest BCUT2D eigenvalue weighted by Crippen LogP contribution is -2.14. The van der Waals surface area contributed by atoms with Gasteiger partial charge in [-0.1, -0.05) is 11.3 Å². The highest BCUT2D eigenvalue weighted by Crippen LogP contribution is 2.34. The minimum Gasteiger partial charge on any atom is -0.496 e. The fourth-order valence-corrected chi connectivity index (χ4v) is 3.95. The van der Waals surface area contributed by atoms with Crippen LogP contribution in [-0.4, -0.2) is 18.0 Å². The average molecular weight is 406 g/mol. The molecule has 3 rings (SSSR count). The van der Waals surface area contributed by atoms with Gasteiger partial charge in [-0.05, 0) is 65.2 Å². The molecule has 0 saturated carbocycles. The zero-order valence-corrected chi connectivity index (χ0v) is 15.8. The van der Waals surface area contributed by atoms with Crippen LogP contribution >= 0.6 is 27.3 Å². The van der Waals surface area contributed by atoms with E-state index in [0.29, 0.717) is 16.4 Å². The van der Waals surface area contributed by atoms with Gasteiger partial charge in [0.25, 0.3) is 5.91 Å². The highest BCUT2D eigenvalue weighted by molar-refractivity contribution is 9.10. The standard InChI is InChI=1S/C17H16BrN3O2S/c1-8-6-12-15(24-17(19)20-12)9(2)14(8)21-16(22)10-4-5-13(23-3)11(18)7-10/h4-7H,1-3H3,(H2,19,20)(H,21,22). The molecule has 0 fully saturated rings. The highest BCUT2D eigenvalue weighted by Gasteiger charge is 2.15. The van der Waals surface area contributed by atoms with Crippen molar-refractivity contribution in [2.24, 2.45) is 0 Å². The Morgan fingerprint density at radius 1 is 1.33 bits per heavy atom. The third-order valence-corrected chi connectivity index (χ3v) is 5.43. The number of thiazole rings is 1. The summed E-state index contributed by atoms with van der Waals surface area (Å²) in [5, 5.41) is 3.52. The largest absolute Gasteiger partial charge is 0.496 e. The van der Waals surface area contributed by atoms with E-state index in [0.717, 1.165) is 31.5 Å². The average Bonchev–Trinajstić information content (AvgIpc) is 2.91. The van der Waals surface area contributed by atoms with Crippen LogP contribution < -0.4 is 15.8 Å². The molecule has 124 valence electrons. The summed E-state index contributed by atoms with van der Waals surface area (Å²) in [6, 6.07) is 7.16. The van der Waals surface area contributed by atoms with Gasteiger partial charge in [-0.25, -0.2) is 4.98 Å². The lowest BCUT2D eigenvalue weighted by molar-refractivity contribution is 0.102. The van der Waals surface area contributed by atoms with Gasteiger partial charge in [0.15, 0.2) is 5.13 Å². The fourth-order valence-electron chi connectivity index (χ4n) is 2.59. The summed E-state index contributed by atoms with van der Waals surface area (Å²) in [6.07, 6.45) is 0. The normalized spacial score (nSPS) is 10.8. The SMILES string of the molecule is COc1ccc(C(=O)Nc2c(C)cc3nc(N)sc3c2C)cc1Br. The van der Waals surface area contributed by atoms with Crippen LogP contribution in [0.15, 0.2) is 28.7 Å². The van der Waals surface area contributed by atoms with Gasteiger partial charge >= 0.3 is 0 Å². The van der Waals surface area contributed by atoms with E-state index in [4.69, 9.17) is 10.5 Å². The summed E-state index contributed by atoms with van der Waals surface area (Å²) in [5.74, 6) is 0.502. The molecule has 5 nitrogen and oxygen atoms in total. The quantitative estimate of drug-likeness (QED) is 0.671. The Labute approximate surface area is 152 Å². The molecule has 0 bridgehead atoms. The van der Waals surface area contributed by atoms with Gasteiger partial charge in [0.1, 0.15) is 5.75 Å². The van der Waals surface area contributed by atoms with E-state index < -0.39 is 0 Å². The lowest BCUT2D eigenvalue weighted by atomic mass is 10.1. The summed E-state index contributed by atoms with van der Waals surface area (Å²) in [4.78, 5) is 16.9. The molecule has 3 aromatic rings. The van der Waals surface area contributed by atoms with Crippen molar-refractivity contribution in [1.29, 1.82) is 0 Å². The lowest BCUT2D eigenvalue weighted by Gasteiger charge is -2.13. The molecule has 2 aromatic carbocycles. The molecule has 3 N–H and O–H groups in total. The number of methoxy groups -OCH3 is 1. The van der Waals surface area contributed by atoms with Crippen molar-refractivity contribution < 1.29 is 9.53 Å². The van der Waals surface area contributed by atoms with E-state index >= 15 is 0 Å². The minimum absolute atomic E-state index is 0.179. The number of rotatable bonds is 3. The number of benzene rings is 2. The molecule has 0 aliphatic heterocycles. The molecular formula is C17H16BrN3O2S. The predicted molar refractivity (Wildman–Crippen MR) is 102 cm³/mol. The van der Waals surface area contributed by atoms with Crippen molar-refractivity contribution in [3.8, 4) is 5.75 Å². The molecule has 0 radical (unpaired) electrons. The van der Waals surface area contributed by atoms with Crippen LogP contribution in [-0.2, 0) is 0 Å². The monoisotopic (exact) mass is 405 g/mol. The number of nitrogen functional groups attached to an aromatic ring is 1. The fraction of sp³-hybridized carbons (Fsp3) is 0.176. The first-order valence-electron chi connectivity index (χ1n) is 7.21. The van der Waals surface area contributed by atoms with E-state index in [9.17, 15) is 4.79 Å². The van der Waals surface area contributed by atoms with Gasteiger partial charge < -0.3 is 15.8 Å². The van der Waals surface area contributed by atoms with Gasteiger partial charge in [0.2, 0.25) is 0 Å². The molecule has 1 heterocycles. The van der Waals surface area contributed by atoms with E-state index in [1.165, 1.54) is 11.3 Å². The number of aromatic nitrogens is 1. The van der Waals surface area contributed by atoms with E-state index in [1.54, 1.807) is 25.3 Å². The highest BCUT2D eigenvalue weighted by atomic mass is 79.9. The van der Waals surface area contributed by atoms with E-state index in [-0.39, 0.29) is 5.91 Å². The van der Waals surface area contributed by atoms with Crippen LogP contribution in [0.1, 0.15) is 21.5 Å². The third kappa shape index (κ3) is 2.97. The van der Waals surface area contributed by atoms with Crippen LogP contribution in [0.5, 0.6) is 5.75 Å². The zero-order chi connectivity index (χ0) is 17.4. The number of nitrogens with zero attached hydrogens (tertiary/aromatic N) is 1. The Kier molecular flexibility index (Phi) is 4.47. The summed E-state index contributed by atoms with van der Waals surface area (Å²) < 4.78 is 6.91. The number of anilines is 2. The van der Waals surface area contributed by atoms with Crippen molar-refractivity contribution in [2.45, 2.75) is 13.8 Å². The van der Waals surface area contributed by atoms with Crippen molar-refractivity contribution >= 4 is 54.2 Å². The second-order valence-electron chi connectivity index (χ2n) is 5.40. The number of nitrogens with one attached hydrogen (secondary N) is 1. The molecule has 0 unspecified atom stereocenters. The smallest absolute Gasteiger partial charge is 0.255 e. The molecule has 24 heavy (non-hydrogen) atoms. The number of amides is 1. The Balaban J connectivity index is 1.97. The van der Waals surface area contributed by atoms with Crippen molar-refractivity contribution in [1.82, 2.24) is 4.98 Å². The predicted octanol–water partition coefficient (Wildman–Crippen LogP) is 4.52. The summed E-state index contributed by atoms with van der Waals surface area (Å²) in [5.41, 5.74) is 9.92. The number of ether oxygens (including phenoxy) is 1. The van der Waals surface area contributed by atoms with Crippen LogP contribution in [0, 0.1) is 13.8 Å². The van der Waals surface area contributed by atoms with Crippen molar-refractivity contribution in [2.75, 3.05) is 18.2 Å². The maximum Gasteiger partial charge on any atom is 0.255 e. The minimum atomic E-state index is -0.179. The number of hydrogen-bond donors (Lipinski definition) is 2. The molecule has 0 aliphatic rings. The molecule has 0 aliphatic carbocycles. The number of aryl methyl sites for hydroxylation is 2. The molecule has 7 heteroatoms. The maximum absolute atomic E-state index is 12.6. The first-order chi connectivity index (χ1) is 11.4. The number of halogens is 1. The van der Waals surface area contributed by atoms with Crippen LogP contribution in [0.3, 0.4) is 0 Å². The third-order valence-electron chi connectivity index (χ3n) is 3.79. The Morgan fingerprint density at radius 2 is 2.08 bits per heavy atom. The number of hydrogen-bond acceptors (Lipinski definition) is 5. The number of carbonyl (C=O) groups excluding carboxylic acids is 1. The van der Waals surface area contributed by atoms with Gasteiger partial charge in [-0.2, -0.15) is 0 Å². The molecule has 0 atom stereocenters. The van der Waals surface area contributed by atoms with Gasteiger partial charge in [-0.15, -0.1) is 0 Å². The molecule has 1 amide bonds. The number of carbonyl (C=O) groups is 1. The number of fused-ring (bicyclic) bond motifs is 1. The molecule has 1 aromatic heterocycles. The Morgan fingerprint density at radius 3 is 2.75 bits per heavy atom. The molecule has 0 saturated heterocycles. The second-order valence-corrected chi connectivity index (χ2v) is 7.28. The Hall–Kier alpha value is -2.12. The van der Waals surface area contributed by atoms with Crippen LogP contribution in [0.4, 0.5) is 10.8 Å². The van der Waals surface area contributed by atoms with Gasteiger partial charge in [0.05, 0.1) is 21.8 Å². The van der Waals surface area contributed by atoms with Gasteiger partial charge in [-0.3, -0.25) is 4.79 Å². The van der Waals surface area contributed by atoms with Crippen molar-refractivity contribution in [3.63, 3.8) is 0 Å². The molecule has 0 spiro atoms.